The minimum Gasteiger partial charge on any atom is -0.478 e. The molecule has 86 valence electrons. The summed E-state index contributed by atoms with van der Waals surface area (Å²) in [5, 5.41) is 17.6. The highest BCUT2D eigenvalue weighted by atomic mass is 16.5. The predicted molar refractivity (Wildman–Crippen MR) is 55.5 cm³/mol. The molecule has 0 amide bonds. The molecular formula is C11H12O5. The standard InChI is InChI=1S/C11H12O5/c1-16-11(15)9-3-2-8(10(13)14)6-7(9)4-5-12/h2-3,6,12H,4-5H2,1H3,(H,13,14). The molecule has 16 heavy (non-hydrogen) atoms. The van der Waals surface area contributed by atoms with Crippen LogP contribution in [0.4, 0.5) is 0 Å². The van der Waals surface area contributed by atoms with Crippen molar-refractivity contribution in [2.75, 3.05) is 13.7 Å². The van der Waals surface area contributed by atoms with Gasteiger partial charge in [0, 0.05) is 6.61 Å². The van der Waals surface area contributed by atoms with Crippen LogP contribution in [0.2, 0.25) is 0 Å². The van der Waals surface area contributed by atoms with Crippen molar-refractivity contribution in [3.63, 3.8) is 0 Å². The molecule has 0 atom stereocenters. The number of methoxy groups -OCH3 is 1. The first-order chi connectivity index (χ1) is 7.60. The van der Waals surface area contributed by atoms with Crippen LogP contribution in [0.15, 0.2) is 18.2 Å². The van der Waals surface area contributed by atoms with Crippen LogP contribution in [-0.2, 0) is 11.2 Å². The van der Waals surface area contributed by atoms with E-state index in [1.165, 1.54) is 25.3 Å². The highest BCUT2D eigenvalue weighted by molar-refractivity contribution is 5.94. The molecule has 0 saturated heterocycles. The average molecular weight is 224 g/mol. The molecule has 0 radical (unpaired) electrons. The number of esters is 1. The van der Waals surface area contributed by atoms with Gasteiger partial charge < -0.3 is 14.9 Å². The molecule has 0 spiro atoms. The zero-order valence-electron chi connectivity index (χ0n) is 8.77. The van der Waals surface area contributed by atoms with Gasteiger partial charge in [0.05, 0.1) is 18.2 Å². The van der Waals surface area contributed by atoms with Gasteiger partial charge in [0.2, 0.25) is 0 Å². The van der Waals surface area contributed by atoms with Crippen molar-refractivity contribution < 1.29 is 24.5 Å². The van der Waals surface area contributed by atoms with Crippen LogP contribution in [0, 0.1) is 0 Å². The van der Waals surface area contributed by atoms with E-state index in [9.17, 15) is 9.59 Å². The van der Waals surface area contributed by atoms with E-state index < -0.39 is 11.9 Å². The number of rotatable bonds is 4. The molecule has 1 aromatic carbocycles. The van der Waals surface area contributed by atoms with Crippen molar-refractivity contribution in [2.45, 2.75) is 6.42 Å². The largest absolute Gasteiger partial charge is 0.478 e. The Hall–Kier alpha value is -1.88. The van der Waals surface area contributed by atoms with Crippen LogP contribution in [0.25, 0.3) is 0 Å². The van der Waals surface area contributed by atoms with Gasteiger partial charge in [-0.3, -0.25) is 0 Å². The summed E-state index contributed by atoms with van der Waals surface area (Å²) in [7, 11) is 1.25. The van der Waals surface area contributed by atoms with Crippen LogP contribution in [0.3, 0.4) is 0 Å². The van der Waals surface area contributed by atoms with Crippen molar-refractivity contribution in [1.29, 1.82) is 0 Å². The Morgan fingerprint density at radius 2 is 2.06 bits per heavy atom. The fourth-order valence-electron chi connectivity index (χ4n) is 1.36. The van der Waals surface area contributed by atoms with Gasteiger partial charge in [-0.05, 0) is 30.2 Å². The second kappa shape index (κ2) is 5.27. The molecule has 0 bridgehead atoms. The number of carboxylic acid groups (broad SMARTS) is 1. The van der Waals surface area contributed by atoms with Crippen LogP contribution >= 0.6 is 0 Å². The van der Waals surface area contributed by atoms with Gasteiger partial charge in [0.1, 0.15) is 0 Å². The molecule has 0 aromatic heterocycles. The zero-order valence-corrected chi connectivity index (χ0v) is 8.77. The number of aliphatic hydroxyl groups is 1. The van der Waals surface area contributed by atoms with Crippen molar-refractivity contribution >= 4 is 11.9 Å². The minimum absolute atomic E-state index is 0.0797. The number of aliphatic hydroxyl groups excluding tert-OH is 1. The maximum absolute atomic E-state index is 11.3. The Kier molecular flexibility index (Phi) is 4.02. The van der Waals surface area contributed by atoms with Gasteiger partial charge in [-0.2, -0.15) is 0 Å². The smallest absolute Gasteiger partial charge is 0.338 e. The molecule has 2 N–H and O–H groups in total. The molecule has 0 aliphatic heterocycles. The van der Waals surface area contributed by atoms with Gasteiger partial charge >= 0.3 is 11.9 Å². The first kappa shape index (κ1) is 12.2. The van der Waals surface area contributed by atoms with Gasteiger partial charge in [0.25, 0.3) is 0 Å². The van der Waals surface area contributed by atoms with E-state index in [-0.39, 0.29) is 24.2 Å². The fourth-order valence-corrected chi connectivity index (χ4v) is 1.36. The maximum atomic E-state index is 11.3. The Morgan fingerprint density at radius 1 is 1.38 bits per heavy atom. The molecule has 5 heteroatoms. The molecule has 0 aliphatic rings. The van der Waals surface area contributed by atoms with E-state index in [1.807, 2.05) is 0 Å². The molecular weight excluding hydrogens is 212 g/mol. The van der Waals surface area contributed by atoms with Crippen molar-refractivity contribution in [3.05, 3.63) is 34.9 Å². The Balaban J connectivity index is 3.18. The summed E-state index contributed by atoms with van der Waals surface area (Å²) in [6, 6.07) is 4.08. The van der Waals surface area contributed by atoms with Crippen molar-refractivity contribution in [3.8, 4) is 0 Å². The van der Waals surface area contributed by atoms with Gasteiger partial charge in [-0.15, -0.1) is 0 Å². The molecule has 1 aromatic rings. The monoisotopic (exact) mass is 224 g/mol. The van der Waals surface area contributed by atoms with E-state index in [0.717, 1.165) is 0 Å². The number of hydrogen-bond acceptors (Lipinski definition) is 4. The van der Waals surface area contributed by atoms with Gasteiger partial charge in [-0.1, -0.05) is 0 Å². The summed E-state index contributed by atoms with van der Waals surface area (Å²) < 4.78 is 4.56. The maximum Gasteiger partial charge on any atom is 0.338 e. The number of aromatic carboxylic acids is 1. The number of hydrogen-bond donors (Lipinski definition) is 2. The lowest BCUT2D eigenvalue weighted by molar-refractivity contribution is 0.0597. The van der Waals surface area contributed by atoms with Gasteiger partial charge in [0.15, 0.2) is 0 Å². The van der Waals surface area contributed by atoms with Crippen LogP contribution < -0.4 is 0 Å². The van der Waals surface area contributed by atoms with Crippen LogP contribution in [-0.4, -0.2) is 35.9 Å². The van der Waals surface area contributed by atoms with Crippen LogP contribution in [0.1, 0.15) is 26.3 Å². The van der Waals surface area contributed by atoms with E-state index >= 15 is 0 Å². The highest BCUT2D eigenvalue weighted by Gasteiger charge is 2.14. The summed E-state index contributed by atoms with van der Waals surface area (Å²) in [6.07, 6.45) is 0.214. The molecule has 0 aliphatic carbocycles. The fraction of sp³-hybridized carbons (Fsp3) is 0.273. The first-order valence-electron chi connectivity index (χ1n) is 4.65. The van der Waals surface area contributed by atoms with E-state index in [0.29, 0.717) is 5.56 Å². The SMILES string of the molecule is COC(=O)c1ccc(C(=O)O)cc1CCO. The second-order valence-corrected chi connectivity index (χ2v) is 3.14. The van der Waals surface area contributed by atoms with E-state index in [1.54, 1.807) is 0 Å². The first-order valence-corrected chi connectivity index (χ1v) is 4.65. The lowest BCUT2D eigenvalue weighted by Crippen LogP contribution is -2.09. The third kappa shape index (κ3) is 2.58. The third-order valence-corrected chi connectivity index (χ3v) is 2.14. The van der Waals surface area contributed by atoms with E-state index in [2.05, 4.69) is 4.74 Å². The molecule has 5 nitrogen and oxygen atoms in total. The average Bonchev–Trinajstić information content (AvgIpc) is 2.28. The van der Waals surface area contributed by atoms with Gasteiger partial charge in [-0.25, -0.2) is 9.59 Å². The van der Waals surface area contributed by atoms with Crippen molar-refractivity contribution in [2.24, 2.45) is 0 Å². The Labute approximate surface area is 92.3 Å². The Morgan fingerprint density at radius 3 is 2.56 bits per heavy atom. The third-order valence-electron chi connectivity index (χ3n) is 2.14. The highest BCUT2D eigenvalue weighted by Crippen LogP contribution is 2.14. The lowest BCUT2D eigenvalue weighted by atomic mass is 10.0. The predicted octanol–water partition coefficient (Wildman–Crippen LogP) is 0.706. The number of benzene rings is 1. The Bertz CT molecular complexity index is 411. The quantitative estimate of drug-likeness (QED) is 0.736. The van der Waals surface area contributed by atoms with Crippen molar-refractivity contribution in [1.82, 2.24) is 0 Å². The number of ether oxygens (including phenoxy) is 1. The molecule has 0 heterocycles. The molecule has 0 saturated carbocycles. The lowest BCUT2D eigenvalue weighted by Gasteiger charge is -2.07. The van der Waals surface area contributed by atoms with E-state index in [4.69, 9.17) is 10.2 Å². The second-order valence-electron chi connectivity index (χ2n) is 3.14. The number of carbonyl (C=O) groups is 2. The normalized spacial score (nSPS) is 9.88. The summed E-state index contributed by atoms with van der Waals surface area (Å²) in [4.78, 5) is 22.1. The molecule has 0 unspecified atom stereocenters. The topological polar surface area (TPSA) is 83.8 Å². The summed E-state index contributed by atoms with van der Waals surface area (Å²) >= 11 is 0. The summed E-state index contributed by atoms with van der Waals surface area (Å²) in [6.45, 7) is -0.160. The summed E-state index contributed by atoms with van der Waals surface area (Å²) in [5.74, 6) is -1.61. The molecule has 1 rings (SSSR count). The molecule has 0 fully saturated rings. The zero-order chi connectivity index (χ0) is 12.1. The summed E-state index contributed by atoms with van der Waals surface area (Å²) in [5.41, 5.74) is 0.826. The number of carbonyl (C=O) groups excluding carboxylic acids is 1. The minimum atomic E-state index is -1.07. The number of carboxylic acids is 1. The van der Waals surface area contributed by atoms with Crippen LogP contribution in [0.5, 0.6) is 0 Å².